The van der Waals surface area contributed by atoms with E-state index in [-0.39, 0.29) is 36.3 Å². The average Bonchev–Trinajstić information content (AvgIpc) is 3.19. The first kappa shape index (κ1) is 22.3. The summed E-state index contributed by atoms with van der Waals surface area (Å²) in [5, 5.41) is 14.4. The Bertz CT molecular complexity index is 1090. The summed E-state index contributed by atoms with van der Waals surface area (Å²) in [7, 11) is 0. The maximum Gasteiger partial charge on any atom is 0.306 e. The molecule has 1 aromatic heterocycles. The number of carboxylic acid groups (broad SMARTS) is 1. The number of carbonyl (C=O) groups is 2. The van der Waals surface area contributed by atoms with Crippen molar-refractivity contribution in [3.63, 3.8) is 0 Å². The van der Waals surface area contributed by atoms with Crippen molar-refractivity contribution in [2.24, 2.45) is 5.92 Å². The number of rotatable bonds is 5. The van der Waals surface area contributed by atoms with E-state index >= 15 is 0 Å². The zero-order chi connectivity index (χ0) is 23.3. The number of benzene rings is 1. The van der Waals surface area contributed by atoms with Gasteiger partial charge in [0.05, 0.1) is 36.9 Å². The van der Waals surface area contributed by atoms with Crippen molar-refractivity contribution < 1.29 is 19.1 Å². The minimum absolute atomic E-state index is 0.0643. The minimum atomic E-state index is -0.720. The van der Waals surface area contributed by atoms with E-state index in [1.165, 1.54) is 6.07 Å². The van der Waals surface area contributed by atoms with Gasteiger partial charge in [-0.1, -0.05) is 17.7 Å². The van der Waals surface area contributed by atoms with E-state index < -0.39 is 5.97 Å². The number of aromatic nitrogens is 2. The largest absolute Gasteiger partial charge is 0.481 e. The second-order valence-electron chi connectivity index (χ2n) is 9.53. The van der Waals surface area contributed by atoms with Crippen LogP contribution >= 0.6 is 11.6 Å². The van der Waals surface area contributed by atoms with Crippen LogP contribution in [0.5, 0.6) is 0 Å². The first-order valence-electron chi connectivity index (χ1n) is 11.6. The lowest BCUT2D eigenvalue weighted by atomic mass is 9.91. The number of amides is 1. The number of hydrogen-bond donors (Lipinski definition) is 1. The fourth-order valence-corrected chi connectivity index (χ4v) is 5.98. The van der Waals surface area contributed by atoms with Gasteiger partial charge in [-0.05, 0) is 56.7 Å². The van der Waals surface area contributed by atoms with Crippen LogP contribution in [0.15, 0.2) is 18.2 Å². The molecule has 2 bridgehead atoms. The normalized spacial score (nSPS) is 24.7. The van der Waals surface area contributed by atoms with Crippen molar-refractivity contribution in [3.8, 4) is 0 Å². The third-order valence-electron chi connectivity index (χ3n) is 7.58. The van der Waals surface area contributed by atoms with Gasteiger partial charge in [0.25, 0.3) is 0 Å². The standard InChI is InChI=1S/C24H28ClFN4O3/c1-14-20-6-7-28(12-22(20)30(27-14)11-15-2-3-17(25)10-21(15)26)23(31)13-29-18-4-5-19(29)9-16(8-18)24(32)33/h2-3,10,16,18-19H,4-9,11-13H2,1H3,(H,32,33). The number of piperidine rings is 1. The fourth-order valence-electron chi connectivity index (χ4n) is 5.82. The van der Waals surface area contributed by atoms with Crippen molar-refractivity contribution in [1.82, 2.24) is 19.6 Å². The first-order valence-corrected chi connectivity index (χ1v) is 11.9. The molecule has 5 rings (SSSR count). The predicted octanol–water partition coefficient (Wildman–Crippen LogP) is 3.24. The first-order chi connectivity index (χ1) is 15.8. The van der Waals surface area contributed by atoms with Gasteiger partial charge in [0.2, 0.25) is 5.91 Å². The second-order valence-corrected chi connectivity index (χ2v) is 9.97. The van der Waals surface area contributed by atoms with Crippen molar-refractivity contribution in [2.45, 2.75) is 64.2 Å². The molecule has 2 saturated heterocycles. The van der Waals surface area contributed by atoms with Gasteiger partial charge < -0.3 is 10.0 Å². The van der Waals surface area contributed by atoms with Crippen LogP contribution in [0.3, 0.4) is 0 Å². The van der Waals surface area contributed by atoms with Crippen molar-refractivity contribution in [1.29, 1.82) is 0 Å². The Hall–Kier alpha value is -2.45. The lowest BCUT2D eigenvalue weighted by Crippen LogP contribution is -2.50. The van der Waals surface area contributed by atoms with Crippen LogP contribution in [-0.2, 0) is 29.1 Å². The number of carbonyl (C=O) groups excluding carboxylic acids is 1. The number of aryl methyl sites for hydroxylation is 1. The molecule has 9 heteroatoms. The molecule has 0 saturated carbocycles. The molecule has 2 atom stereocenters. The summed E-state index contributed by atoms with van der Waals surface area (Å²) in [5.41, 5.74) is 3.51. The van der Waals surface area contributed by atoms with Gasteiger partial charge in [-0.25, -0.2) is 4.39 Å². The molecule has 2 unspecified atom stereocenters. The van der Waals surface area contributed by atoms with Gasteiger partial charge in [0.15, 0.2) is 0 Å². The molecule has 4 heterocycles. The van der Waals surface area contributed by atoms with E-state index in [4.69, 9.17) is 11.6 Å². The summed E-state index contributed by atoms with van der Waals surface area (Å²) in [6, 6.07) is 4.99. The molecular formula is C24H28ClFN4O3. The molecule has 3 aliphatic heterocycles. The van der Waals surface area contributed by atoms with E-state index in [0.29, 0.717) is 43.1 Å². The Morgan fingerprint density at radius 1 is 1.24 bits per heavy atom. The van der Waals surface area contributed by atoms with Gasteiger partial charge in [0, 0.05) is 29.2 Å². The lowest BCUT2D eigenvalue weighted by molar-refractivity contribution is -0.145. The number of nitrogens with zero attached hydrogens (tertiary/aromatic N) is 4. The van der Waals surface area contributed by atoms with Crippen molar-refractivity contribution in [2.75, 3.05) is 13.1 Å². The third kappa shape index (κ3) is 4.26. The summed E-state index contributed by atoms with van der Waals surface area (Å²) >= 11 is 5.88. The highest BCUT2D eigenvalue weighted by molar-refractivity contribution is 6.30. The molecule has 0 spiro atoms. The number of aliphatic carboxylic acids is 1. The zero-order valence-electron chi connectivity index (χ0n) is 18.6. The van der Waals surface area contributed by atoms with Crippen LogP contribution in [0.4, 0.5) is 4.39 Å². The van der Waals surface area contributed by atoms with E-state index in [1.807, 2.05) is 11.8 Å². The molecule has 2 fully saturated rings. The lowest BCUT2D eigenvalue weighted by Gasteiger charge is -2.38. The number of carboxylic acids is 1. The number of fused-ring (bicyclic) bond motifs is 3. The molecule has 3 aliphatic rings. The summed E-state index contributed by atoms with van der Waals surface area (Å²) < 4.78 is 16.2. The molecule has 1 amide bonds. The Morgan fingerprint density at radius 3 is 2.64 bits per heavy atom. The van der Waals surface area contributed by atoms with Crippen molar-refractivity contribution in [3.05, 3.63) is 51.6 Å². The Labute approximate surface area is 197 Å². The van der Waals surface area contributed by atoms with Crippen LogP contribution < -0.4 is 0 Å². The minimum Gasteiger partial charge on any atom is -0.481 e. The topological polar surface area (TPSA) is 78.7 Å². The van der Waals surface area contributed by atoms with E-state index in [2.05, 4.69) is 10.00 Å². The SMILES string of the molecule is Cc1nn(Cc2ccc(Cl)cc2F)c2c1CCN(C(=O)CN1C3CCC1CC(C(=O)O)C3)C2. The monoisotopic (exact) mass is 474 g/mol. The highest BCUT2D eigenvalue weighted by Gasteiger charge is 2.44. The maximum atomic E-state index is 14.4. The molecule has 1 N–H and O–H groups in total. The van der Waals surface area contributed by atoms with Crippen LogP contribution in [0.25, 0.3) is 0 Å². The van der Waals surface area contributed by atoms with Crippen LogP contribution in [-0.4, -0.2) is 61.7 Å². The molecule has 1 aromatic carbocycles. The second kappa shape index (κ2) is 8.72. The van der Waals surface area contributed by atoms with Crippen LogP contribution in [0.2, 0.25) is 5.02 Å². The fraction of sp³-hybridized carbons (Fsp3) is 0.542. The van der Waals surface area contributed by atoms with Gasteiger partial charge in [0.1, 0.15) is 5.82 Å². The highest BCUT2D eigenvalue weighted by atomic mass is 35.5. The van der Waals surface area contributed by atoms with E-state index in [9.17, 15) is 19.1 Å². The quantitative estimate of drug-likeness (QED) is 0.719. The average molecular weight is 475 g/mol. The molecular weight excluding hydrogens is 447 g/mol. The summed E-state index contributed by atoms with van der Waals surface area (Å²) in [4.78, 5) is 28.8. The molecule has 2 aromatic rings. The summed E-state index contributed by atoms with van der Waals surface area (Å²) in [6.07, 6.45) is 3.91. The van der Waals surface area contributed by atoms with E-state index in [1.54, 1.807) is 16.8 Å². The Morgan fingerprint density at radius 2 is 1.97 bits per heavy atom. The summed E-state index contributed by atoms with van der Waals surface area (Å²) in [6.45, 7) is 3.65. The molecule has 176 valence electrons. The van der Waals surface area contributed by atoms with Gasteiger partial charge in [-0.3, -0.25) is 19.2 Å². The molecule has 7 nitrogen and oxygen atoms in total. The zero-order valence-corrected chi connectivity index (χ0v) is 19.4. The van der Waals surface area contributed by atoms with Gasteiger partial charge >= 0.3 is 5.97 Å². The Kier molecular flexibility index (Phi) is 5.91. The third-order valence-corrected chi connectivity index (χ3v) is 7.81. The maximum absolute atomic E-state index is 14.4. The summed E-state index contributed by atoms with van der Waals surface area (Å²) in [5.74, 6) is -1.32. The van der Waals surface area contributed by atoms with Crippen molar-refractivity contribution >= 4 is 23.5 Å². The van der Waals surface area contributed by atoms with Crippen LogP contribution in [0, 0.1) is 18.7 Å². The number of hydrogen-bond acceptors (Lipinski definition) is 4. The Balaban J connectivity index is 1.29. The molecule has 0 radical (unpaired) electrons. The highest BCUT2D eigenvalue weighted by Crippen LogP contribution is 2.38. The predicted molar refractivity (Wildman–Crippen MR) is 120 cm³/mol. The smallest absolute Gasteiger partial charge is 0.306 e. The van der Waals surface area contributed by atoms with Crippen LogP contribution in [0.1, 0.15) is 48.2 Å². The number of halogens is 2. The van der Waals surface area contributed by atoms with Gasteiger partial charge in [-0.15, -0.1) is 0 Å². The van der Waals surface area contributed by atoms with E-state index in [0.717, 1.165) is 36.2 Å². The van der Waals surface area contributed by atoms with Gasteiger partial charge in [-0.2, -0.15) is 5.10 Å². The molecule has 0 aliphatic carbocycles. The molecule has 33 heavy (non-hydrogen) atoms.